The Labute approximate surface area is 67.0 Å². The van der Waals surface area contributed by atoms with Crippen molar-refractivity contribution in [3.63, 3.8) is 0 Å². The van der Waals surface area contributed by atoms with E-state index in [0.29, 0.717) is 0 Å². The van der Waals surface area contributed by atoms with Crippen LogP contribution in [-0.2, 0) is 0 Å². The summed E-state index contributed by atoms with van der Waals surface area (Å²) in [6, 6.07) is 1.45. The summed E-state index contributed by atoms with van der Waals surface area (Å²) in [5.41, 5.74) is -0.00849. The van der Waals surface area contributed by atoms with Crippen LogP contribution in [0.5, 0.6) is 0 Å². The molecule has 1 rings (SSSR count). The molecule has 0 unspecified atom stereocenters. The van der Waals surface area contributed by atoms with Gasteiger partial charge >= 0.3 is 0 Å². The summed E-state index contributed by atoms with van der Waals surface area (Å²) < 4.78 is 0. The minimum Gasteiger partial charge on any atom is -0.274 e. The topological polar surface area (TPSA) is 42.9 Å². The van der Waals surface area contributed by atoms with Gasteiger partial charge < -0.3 is 0 Å². The van der Waals surface area contributed by atoms with Gasteiger partial charge in [0.25, 0.3) is 5.24 Å². The van der Waals surface area contributed by atoms with Gasteiger partial charge in [-0.3, -0.25) is 4.79 Å². The van der Waals surface area contributed by atoms with Gasteiger partial charge in [-0.2, -0.15) is 5.10 Å². The van der Waals surface area contributed by atoms with Crippen LogP contribution in [0.25, 0.3) is 0 Å². The fraction of sp³-hybridized carbons (Fsp3) is 0. The van der Waals surface area contributed by atoms with Gasteiger partial charge in [0.1, 0.15) is 0 Å². The highest BCUT2D eigenvalue weighted by atomic mass is 35.5. The van der Waals surface area contributed by atoms with Gasteiger partial charge in [-0.05, 0) is 17.7 Å². The lowest BCUT2D eigenvalue weighted by Crippen LogP contribution is -1.96. The lowest BCUT2D eigenvalue weighted by molar-refractivity contribution is 0.107. The van der Waals surface area contributed by atoms with Crippen LogP contribution < -0.4 is 0 Å². The van der Waals surface area contributed by atoms with E-state index < -0.39 is 5.24 Å². The second kappa shape index (κ2) is 2.94. The van der Waals surface area contributed by atoms with E-state index in [1.165, 1.54) is 12.3 Å². The molecule has 52 valence electrons. The van der Waals surface area contributed by atoms with Crippen LogP contribution in [0.15, 0.2) is 12.3 Å². The maximum Gasteiger partial charge on any atom is 0.274 e. The van der Waals surface area contributed by atoms with E-state index in [2.05, 4.69) is 10.2 Å². The van der Waals surface area contributed by atoms with E-state index >= 15 is 0 Å². The average molecular weight is 177 g/mol. The monoisotopic (exact) mass is 176 g/mol. The number of carbonyl (C=O) groups excluding carboxylic acids is 1. The van der Waals surface area contributed by atoms with Crippen molar-refractivity contribution in [2.75, 3.05) is 0 Å². The molecule has 3 nitrogen and oxygen atoms in total. The quantitative estimate of drug-likeness (QED) is 0.610. The summed E-state index contributed by atoms with van der Waals surface area (Å²) in [6.45, 7) is 0. The van der Waals surface area contributed by atoms with Gasteiger partial charge in [-0.1, -0.05) is 11.6 Å². The molecule has 0 radical (unpaired) electrons. The molecule has 0 N–H and O–H groups in total. The number of halogens is 2. The Morgan fingerprint density at radius 1 is 1.60 bits per heavy atom. The van der Waals surface area contributed by atoms with Crippen molar-refractivity contribution in [2.24, 2.45) is 0 Å². The fourth-order valence-electron chi connectivity index (χ4n) is 0.450. The molecule has 1 heterocycles. The van der Waals surface area contributed by atoms with Gasteiger partial charge in [0.15, 0.2) is 5.69 Å². The molecule has 0 amide bonds. The smallest absolute Gasteiger partial charge is 0.274 e. The summed E-state index contributed by atoms with van der Waals surface area (Å²) in [4.78, 5) is 10.4. The SMILES string of the molecule is O=C(Cl)c1nnccc1Cl. The minimum atomic E-state index is -0.696. The normalized spacial score (nSPS) is 9.40. The predicted octanol–water partition coefficient (Wildman–Crippen LogP) is 1.51. The fourth-order valence-corrected chi connectivity index (χ4v) is 0.818. The standard InChI is InChI=1S/C5H2Cl2N2O/c6-3-1-2-8-9-4(3)5(7)10/h1-2H. The van der Waals surface area contributed by atoms with Crippen LogP contribution in [0.3, 0.4) is 0 Å². The van der Waals surface area contributed by atoms with Crippen LogP contribution in [0.1, 0.15) is 10.5 Å². The molecule has 0 aliphatic carbocycles. The Balaban J connectivity index is 3.15. The van der Waals surface area contributed by atoms with Crippen molar-refractivity contribution in [1.82, 2.24) is 10.2 Å². The number of nitrogens with zero attached hydrogens (tertiary/aromatic N) is 2. The van der Waals surface area contributed by atoms with Gasteiger partial charge in [-0.25, -0.2) is 0 Å². The van der Waals surface area contributed by atoms with Crippen molar-refractivity contribution >= 4 is 28.4 Å². The Kier molecular flexibility index (Phi) is 2.19. The second-order valence-electron chi connectivity index (χ2n) is 1.50. The summed E-state index contributed by atoms with van der Waals surface area (Å²) in [5.74, 6) is 0. The van der Waals surface area contributed by atoms with E-state index in [4.69, 9.17) is 23.2 Å². The molecule has 0 spiro atoms. The number of hydrogen-bond acceptors (Lipinski definition) is 3. The molecule has 0 aromatic carbocycles. The highest BCUT2D eigenvalue weighted by Gasteiger charge is 2.07. The van der Waals surface area contributed by atoms with E-state index in [1.807, 2.05) is 0 Å². The Morgan fingerprint density at radius 2 is 2.30 bits per heavy atom. The maximum absolute atomic E-state index is 10.4. The third-order valence-electron chi connectivity index (χ3n) is 0.858. The van der Waals surface area contributed by atoms with Crippen LogP contribution in [0, 0.1) is 0 Å². The molecule has 0 saturated carbocycles. The third-order valence-corrected chi connectivity index (χ3v) is 1.34. The molecule has 10 heavy (non-hydrogen) atoms. The third kappa shape index (κ3) is 1.43. The second-order valence-corrected chi connectivity index (χ2v) is 2.25. The lowest BCUT2D eigenvalue weighted by atomic mass is 10.4. The highest BCUT2D eigenvalue weighted by molar-refractivity contribution is 6.68. The van der Waals surface area contributed by atoms with E-state index in [0.717, 1.165) is 0 Å². The van der Waals surface area contributed by atoms with Crippen molar-refractivity contribution in [1.29, 1.82) is 0 Å². The van der Waals surface area contributed by atoms with E-state index in [1.54, 1.807) is 0 Å². The van der Waals surface area contributed by atoms with E-state index in [-0.39, 0.29) is 10.7 Å². The van der Waals surface area contributed by atoms with Gasteiger partial charge in [0.2, 0.25) is 0 Å². The molecule has 0 aliphatic rings. The first-order valence-corrected chi connectivity index (χ1v) is 3.14. The van der Waals surface area contributed by atoms with Crippen LogP contribution in [0.2, 0.25) is 5.02 Å². The molecule has 0 fully saturated rings. The van der Waals surface area contributed by atoms with Crippen molar-refractivity contribution < 1.29 is 4.79 Å². The molecule has 0 atom stereocenters. The summed E-state index contributed by atoms with van der Waals surface area (Å²) >= 11 is 10.6. The first-order chi connectivity index (χ1) is 4.72. The number of rotatable bonds is 1. The Morgan fingerprint density at radius 3 is 2.70 bits per heavy atom. The zero-order valence-corrected chi connectivity index (χ0v) is 6.23. The summed E-state index contributed by atoms with van der Waals surface area (Å²) in [5, 5.41) is 6.36. The van der Waals surface area contributed by atoms with Crippen molar-refractivity contribution in [3.05, 3.63) is 23.0 Å². The number of carbonyl (C=O) groups is 1. The largest absolute Gasteiger partial charge is 0.274 e. The minimum absolute atomic E-state index is 0.00849. The highest BCUT2D eigenvalue weighted by Crippen LogP contribution is 2.12. The number of aromatic nitrogens is 2. The van der Waals surface area contributed by atoms with Crippen LogP contribution >= 0.6 is 23.2 Å². The zero-order valence-electron chi connectivity index (χ0n) is 4.71. The first kappa shape index (κ1) is 7.44. The van der Waals surface area contributed by atoms with Crippen molar-refractivity contribution in [3.8, 4) is 0 Å². The molecule has 0 bridgehead atoms. The van der Waals surface area contributed by atoms with Crippen molar-refractivity contribution in [2.45, 2.75) is 0 Å². The molecule has 1 aromatic rings. The van der Waals surface area contributed by atoms with Crippen LogP contribution in [0.4, 0.5) is 0 Å². The van der Waals surface area contributed by atoms with Gasteiger partial charge in [0, 0.05) is 0 Å². The Bertz CT molecular complexity index is 264. The van der Waals surface area contributed by atoms with Crippen LogP contribution in [-0.4, -0.2) is 15.4 Å². The van der Waals surface area contributed by atoms with E-state index in [9.17, 15) is 4.79 Å². The first-order valence-electron chi connectivity index (χ1n) is 2.39. The molecule has 0 saturated heterocycles. The molecular weight excluding hydrogens is 175 g/mol. The van der Waals surface area contributed by atoms with Gasteiger partial charge in [-0.15, -0.1) is 5.10 Å². The predicted molar refractivity (Wildman–Crippen MR) is 37.2 cm³/mol. The Hall–Kier alpha value is -0.670. The average Bonchev–Trinajstić information content (AvgIpc) is 1.88. The maximum atomic E-state index is 10.4. The summed E-state index contributed by atoms with van der Waals surface area (Å²) in [6.07, 6.45) is 1.38. The molecule has 5 heteroatoms. The zero-order chi connectivity index (χ0) is 7.56. The molecule has 1 aromatic heterocycles. The summed E-state index contributed by atoms with van der Waals surface area (Å²) in [7, 11) is 0. The van der Waals surface area contributed by atoms with Gasteiger partial charge in [0.05, 0.1) is 11.2 Å². The lowest BCUT2D eigenvalue weighted by Gasteiger charge is -1.91. The number of hydrogen-bond donors (Lipinski definition) is 0. The molecule has 0 aliphatic heterocycles. The molecular formula is C5H2Cl2N2O.